The fourth-order valence-corrected chi connectivity index (χ4v) is 6.96. The first-order valence-electron chi connectivity index (χ1n) is 11.5. The SMILES string of the molecule is CCC1N(C)c2c(N)nc3ccccc3c2N1CCCCN(C(=O)OC)C1CCS(=O)(=O)C1. The van der Waals surface area contributed by atoms with E-state index in [1.807, 2.05) is 18.2 Å². The molecule has 1 fully saturated rings. The maximum atomic E-state index is 12.3. The van der Waals surface area contributed by atoms with Crippen LogP contribution in [0.5, 0.6) is 0 Å². The fourth-order valence-electron chi connectivity index (χ4n) is 5.23. The zero-order valence-electron chi connectivity index (χ0n) is 19.5. The molecular formula is C23H33N5O4S. The van der Waals surface area contributed by atoms with E-state index in [0.29, 0.717) is 18.8 Å². The number of ether oxygens (including phenoxy) is 1. The topological polar surface area (TPSA) is 109 Å². The summed E-state index contributed by atoms with van der Waals surface area (Å²) < 4.78 is 28.7. The van der Waals surface area contributed by atoms with Gasteiger partial charge in [0.2, 0.25) is 0 Å². The van der Waals surface area contributed by atoms with Gasteiger partial charge in [0.25, 0.3) is 0 Å². The molecule has 0 aliphatic carbocycles. The summed E-state index contributed by atoms with van der Waals surface area (Å²) in [7, 11) is 0.311. The molecule has 1 amide bonds. The third kappa shape index (κ3) is 4.40. The quantitative estimate of drug-likeness (QED) is 0.609. The van der Waals surface area contributed by atoms with Crippen LogP contribution in [0.3, 0.4) is 0 Å². The molecule has 0 spiro atoms. The molecule has 0 saturated carbocycles. The van der Waals surface area contributed by atoms with E-state index >= 15 is 0 Å². The van der Waals surface area contributed by atoms with Gasteiger partial charge < -0.3 is 25.2 Å². The third-order valence-corrected chi connectivity index (χ3v) is 8.54. The number of rotatable bonds is 7. The normalized spacial score (nSPS) is 21.4. The maximum Gasteiger partial charge on any atom is 0.409 e. The highest BCUT2D eigenvalue weighted by Gasteiger charge is 2.37. The van der Waals surface area contributed by atoms with Crippen molar-refractivity contribution in [3.8, 4) is 0 Å². The highest BCUT2D eigenvalue weighted by Crippen LogP contribution is 2.47. The molecule has 1 aromatic carbocycles. The number of methoxy groups -OCH3 is 1. The number of sulfone groups is 1. The van der Waals surface area contributed by atoms with Crippen molar-refractivity contribution in [3.63, 3.8) is 0 Å². The Balaban J connectivity index is 1.50. The number of amides is 1. The van der Waals surface area contributed by atoms with E-state index in [4.69, 9.17) is 10.5 Å². The van der Waals surface area contributed by atoms with Crippen LogP contribution in [0, 0.1) is 0 Å². The second kappa shape index (κ2) is 9.24. The average molecular weight is 476 g/mol. The molecule has 9 nitrogen and oxygen atoms in total. The lowest BCUT2D eigenvalue weighted by atomic mass is 10.1. The molecule has 4 rings (SSSR count). The lowest BCUT2D eigenvalue weighted by Gasteiger charge is -2.31. The minimum atomic E-state index is -3.08. The molecule has 2 aliphatic heterocycles. The van der Waals surface area contributed by atoms with Gasteiger partial charge >= 0.3 is 6.09 Å². The number of nitrogens with zero attached hydrogens (tertiary/aromatic N) is 4. The lowest BCUT2D eigenvalue weighted by Crippen LogP contribution is -2.43. The molecular weight excluding hydrogens is 442 g/mol. The zero-order valence-corrected chi connectivity index (χ0v) is 20.3. The summed E-state index contributed by atoms with van der Waals surface area (Å²) in [5.41, 5.74) is 9.31. The molecule has 180 valence electrons. The average Bonchev–Trinajstić information content (AvgIpc) is 3.29. The van der Waals surface area contributed by atoms with Crippen LogP contribution in [0.25, 0.3) is 10.9 Å². The molecule has 3 heterocycles. The predicted molar refractivity (Wildman–Crippen MR) is 131 cm³/mol. The Morgan fingerprint density at radius 1 is 1.27 bits per heavy atom. The summed E-state index contributed by atoms with van der Waals surface area (Å²) in [6, 6.07) is 7.74. The molecule has 33 heavy (non-hydrogen) atoms. The van der Waals surface area contributed by atoms with Crippen LogP contribution in [0.2, 0.25) is 0 Å². The summed E-state index contributed by atoms with van der Waals surface area (Å²) in [6.07, 6.45) is 2.69. The number of fused-ring (bicyclic) bond motifs is 3. The van der Waals surface area contributed by atoms with Crippen LogP contribution < -0.4 is 15.5 Å². The minimum Gasteiger partial charge on any atom is -0.453 e. The summed E-state index contributed by atoms with van der Waals surface area (Å²) in [5.74, 6) is 0.678. The maximum absolute atomic E-state index is 12.3. The second-order valence-corrected chi connectivity index (χ2v) is 11.1. The Hall–Kier alpha value is -2.75. The van der Waals surface area contributed by atoms with Gasteiger partial charge in [0.15, 0.2) is 9.84 Å². The van der Waals surface area contributed by atoms with Crippen molar-refractivity contribution in [1.82, 2.24) is 9.88 Å². The van der Waals surface area contributed by atoms with Crippen molar-refractivity contribution in [3.05, 3.63) is 24.3 Å². The largest absolute Gasteiger partial charge is 0.453 e. The van der Waals surface area contributed by atoms with E-state index < -0.39 is 15.9 Å². The van der Waals surface area contributed by atoms with Crippen LogP contribution in [-0.2, 0) is 14.6 Å². The first-order valence-corrected chi connectivity index (χ1v) is 13.3. The molecule has 0 bridgehead atoms. The van der Waals surface area contributed by atoms with Gasteiger partial charge in [-0.15, -0.1) is 0 Å². The molecule has 2 aromatic rings. The van der Waals surface area contributed by atoms with Crippen molar-refractivity contribution in [2.45, 2.75) is 44.8 Å². The number of unbranched alkanes of at least 4 members (excludes halogenated alkanes) is 1. The van der Waals surface area contributed by atoms with Crippen molar-refractivity contribution in [2.75, 3.05) is 54.3 Å². The van der Waals surface area contributed by atoms with E-state index in [1.165, 1.54) is 7.11 Å². The molecule has 1 aromatic heterocycles. The van der Waals surface area contributed by atoms with Crippen molar-refractivity contribution in [2.24, 2.45) is 0 Å². The van der Waals surface area contributed by atoms with Crippen LogP contribution in [0.4, 0.5) is 22.0 Å². The van der Waals surface area contributed by atoms with Gasteiger partial charge in [0.1, 0.15) is 17.7 Å². The van der Waals surface area contributed by atoms with E-state index in [9.17, 15) is 13.2 Å². The Morgan fingerprint density at radius 3 is 2.70 bits per heavy atom. The second-order valence-electron chi connectivity index (χ2n) is 8.83. The van der Waals surface area contributed by atoms with Crippen LogP contribution in [0.1, 0.15) is 32.6 Å². The standard InChI is InChI=1S/C23H33N5O4S/c1-4-19-26(2)21-20(17-9-5-6-10-18(17)25-22(21)24)28(19)13-8-7-12-27(23(29)32-3)16-11-14-33(30,31)15-16/h5-6,9-10,16,19H,4,7-8,11-15H2,1-3H3,(H2,24,25). The Labute approximate surface area is 195 Å². The highest BCUT2D eigenvalue weighted by atomic mass is 32.2. The number of nitrogen functional groups attached to an aromatic ring is 1. The summed E-state index contributed by atoms with van der Waals surface area (Å²) in [6.45, 7) is 3.42. The van der Waals surface area contributed by atoms with Gasteiger partial charge in [-0.2, -0.15) is 0 Å². The van der Waals surface area contributed by atoms with Crippen LogP contribution >= 0.6 is 0 Å². The van der Waals surface area contributed by atoms with Crippen molar-refractivity contribution in [1.29, 1.82) is 0 Å². The molecule has 2 unspecified atom stereocenters. The Kier molecular flexibility index (Phi) is 6.56. The number of hydrogen-bond donors (Lipinski definition) is 1. The van der Waals surface area contributed by atoms with E-state index in [0.717, 1.165) is 48.1 Å². The third-order valence-electron chi connectivity index (χ3n) is 6.79. The predicted octanol–water partition coefficient (Wildman–Crippen LogP) is 2.85. The number of benzene rings is 1. The van der Waals surface area contributed by atoms with Crippen LogP contribution in [-0.4, -0.2) is 75.4 Å². The van der Waals surface area contributed by atoms with Gasteiger partial charge in [0.05, 0.1) is 29.8 Å². The first kappa shape index (κ1) is 23.4. The van der Waals surface area contributed by atoms with Gasteiger partial charge in [-0.3, -0.25) is 0 Å². The van der Waals surface area contributed by atoms with Crippen molar-refractivity contribution < 1.29 is 17.9 Å². The number of anilines is 3. The molecule has 0 radical (unpaired) electrons. The Bertz CT molecular complexity index is 1140. The minimum absolute atomic E-state index is 0.0164. The van der Waals surface area contributed by atoms with Gasteiger partial charge in [-0.05, 0) is 31.7 Å². The monoisotopic (exact) mass is 475 g/mol. The van der Waals surface area contributed by atoms with E-state index in [-0.39, 0.29) is 23.7 Å². The molecule has 10 heteroatoms. The highest BCUT2D eigenvalue weighted by molar-refractivity contribution is 7.91. The van der Waals surface area contributed by atoms with E-state index in [2.05, 4.69) is 34.8 Å². The molecule has 2 atom stereocenters. The van der Waals surface area contributed by atoms with E-state index in [1.54, 1.807) is 4.90 Å². The molecule has 1 saturated heterocycles. The van der Waals surface area contributed by atoms with Gasteiger partial charge in [0, 0.05) is 31.6 Å². The summed E-state index contributed by atoms with van der Waals surface area (Å²) in [4.78, 5) is 23.1. The summed E-state index contributed by atoms with van der Waals surface area (Å²) >= 11 is 0. The lowest BCUT2D eigenvalue weighted by molar-refractivity contribution is 0.108. The number of carbonyl (C=O) groups is 1. The number of aromatic nitrogens is 1. The zero-order chi connectivity index (χ0) is 23.8. The first-order chi connectivity index (χ1) is 15.8. The Morgan fingerprint density at radius 2 is 2.03 bits per heavy atom. The number of hydrogen-bond acceptors (Lipinski definition) is 8. The van der Waals surface area contributed by atoms with Crippen molar-refractivity contribution >= 4 is 44.0 Å². The van der Waals surface area contributed by atoms with Gasteiger partial charge in [-0.25, -0.2) is 18.2 Å². The smallest absolute Gasteiger partial charge is 0.409 e. The number of pyridine rings is 1. The molecule has 2 N–H and O–H groups in total. The van der Waals surface area contributed by atoms with Crippen LogP contribution in [0.15, 0.2) is 24.3 Å². The number of para-hydroxylation sites is 1. The molecule has 2 aliphatic rings. The van der Waals surface area contributed by atoms with Gasteiger partial charge in [-0.1, -0.05) is 25.1 Å². The summed E-state index contributed by atoms with van der Waals surface area (Å²) in [5, 5.41) is 1.08. The number of carbonyl (C=O) groups excluding carboxylic acids is 1. The fraction of sp³-hybridized carbons (Fsp3) is 0.565. The number of nitrogens with two attached hydrogens (primary N) is 1.